The first-order valence-electron chi connectivity index (χ1n) is 6.73. The van der Waals surface area contributed by atoms with E-state index in [4.69, 9.17) is 5.73 Å². The zero-order valence-corrected chi connectivity index (χ0v) is 12.1. The van der Waals surface area contributed by atoms with Gasteiger partial charge in [0.1, 0.15) is 4.90 Å². The molecule has 1 heterocycles. The van der Waals surface area contributed by atoms with Gasteiger partial charge < -0.3 is 5.73 Å². The Morgan fingerprint density at radius 1 is 1.47 bits per heavy atom. The summed E-state index contributed by atoms with van der Waals surface area (Å²) < 4.78 is 27.0. The normalized spacial score (nSPS) is 15.9. The molecule has 1 saturated carbocycles. The molecule has 1 aromatic rings. The van der Waals surface area contributed by atoms with Crippen molar-refractivity contribution in [3.05, 3.63) is 24.0 Å². The molecule has 106 valence electrons. The first-order valence-corrected chi connectivity index (χ1v) is 8.17. The summed E-state index contributed by atoms with van der Waals surface area (Å²) >= 11 is 0. The molecule has 1 aliphatic carbocycles. The lowest BCUT2D eigenvalue weighted by molar-refractivity contribution is 0.395. The van der Waals surface area contributed by atoms with Crippen molar-refractivity contribution in [2.75, 3.05) is 13.1 Å². The topological polar surface area (TPSA) is 76.3 Å². The van der Waals surface area contributed by atoms with Crippen molar-refractivity contribution in [1.82, 2.24) is 9.29 Å². The Kier molecular flexibility index (Phi) is 4.54. The predicted molar refractivity (Wildman–Crippen MR) is 73.9 cm³/mol. The maximum atomic E-state index is 12.7. The van der Waals surface area contributed by atoms with Crippen molar-refractivity contribution in [3.63, 3.8) is 0 Å². The van der Waals surface area contributed by atoms with E-state index >= 15 is 0 Å². The predicted octanol–water partition coefficient (Wildman–Crippen LogP) is 1.35. The molecule has 0 radical (unpaired) electrons. The molecule has 6 heteroatoms. The Balaban J connectivity index is 2.31. The molecule has 1 fully saturated rings. The second-order valence-electron chi connectivity index (χ2n) is 4.96. The number of nitrogens with zero attached hydrogens (tertiary/aromatic N) is 2. The van der Waals surface area contributed by atoms with Gasteiger partial charge in [0, 0.05) is 25.8 Å². The largest absolute Gasteiger partial charge is 0.325 e. The SMILES string of the molecule is CCCN(CC1CC1)S(=O)(=O)c1cccnc1CN. The van der Waals surface area contributed by atoms with Crippen molar-refractivity contribution in [1.29, 1.82) is 0 Å². The Morgan fingerprint density at radius 2 is 2.21 bits per heavy atom. The maximum absolute atomic E-state index is 12.7. The van der Waals surface area contributed by atoms with E-state index in [-0.39, 0.29) is 11.4 Å². The monoisotopic (exact) mass is 283 g/mol. The molecule has 5 nitrogen and oxygen atoms in total. The van der Waals surface area contributed by atoms with Gasteiger partial charge in [-0.25, -0.2) is 8.42 Å². The van der Waals surface area contributed by atoms with E-state index in [1.807, 2.05) is 6.92 Å². The van der Waals surface area contributed by atoms with Gasteiger partial charge in [-0.15, -0.1) is 0 Å². The minimum Gasteiger partial charge on any atom is -0.325 e. The van der Waals surface area contributed by atoms with Gasteiger partial charge in [0.25, 0.3) is 0 Å². The number of rotatable bonds is 7. The molecule has 0 amide bonds. The third-order valence-electron chi connectivity index (χ3n) is 3.29. The lowest BCUT2D eigenvalue weighted by Crippen LogP contribution is -2.34. The fourth-order valence-corrected chi connectivity index (χ4v) is 3.89. The summed E-state index contributed by atoms with van der Waals surface area (Å²) in [6.07, 6.45) is 4.65. The van der Waals surface area contributed by atoms with Gasteiger partial charge in [0.15, 0.2) is 0 Å². The molecule has 0 unspecified atom stereocenters. The van der Waals surface area contributed by atoms with Gasteiger partial charge in [-0.2, -0.15) is 4.31 Å². The van der Waals surface area contributed by atoms with Gasteiger partial charge in [-0.1, -0.05) is 6.92 Å². The van der Waals surface area contributed by atoms with E-state index in [2.05, 4.69) is 4.98 Å². The number of hydrogen-bond donors (Lipinski definition) is 1. The fraction of sp³-hybridized carbons (Fsp3) is 0.615. The average molecular weight is 283 g/mol. The van der Waals surface area contributed by atoms with Crippen LogP contribution in [0.2, 0.25) is 0 Å². The molecule has 0 aliphatic heterocycles. The number of pyridine rings is 1. The first kappa shape index (κ1) is 14.4. The number of nitrogens with two attached hydrogens (primary N) is 1. The van der Waals surface area contributed by atoms with Gasteiger partial charge in [0.2, 0.25) is 10.0 Å². The second kappa shape index (κ2) is 5.98. The molecule has 0 spiro atoms. The van der Waals surface area contributed by atoms with Gasteiger partial charge in [0.05, 0.1) is 5.69 Å². The Hall–Kier alpha value is -0.980. The second-order valence-corrected chi connectivity index (χ2v) is 6.87. The van der Waals surface area contributed by atoms with Crippen LogP contribution in [0.1, 0.15) is 31.9 Å². The van der Waals surface area contributed by atoms with Crippen LogP contribution in [0.5, 0.6) is 0 Å². The van der Waals surface area contributed by atoms with Crippen molar-refractivity contribution in [2.24, 2.45) is 11.7 Å². The van der Waals surface area contributed by atoms with Crippen LogP contribution in [0, 0.1) is 5.92 Å². The van der Waals surface area contributed by atoms with E-state index < -0.39 is 10.0 Å². The lowest BCUT2D eigenvalue weighted by atomic mass is 10.3. The number of aromatic nitrogens is 1. The van der Waals surface area contributed by atoms with Crippen LogP contribution >= 0.6 is 0 Å². The summed E-state index contributed by atoms with van der Waals surface area (Å²) in [6.45, 7) is 3.30. The highest BCUT2D eigenvalue weighted by Crippen LogP contribution is 2.32. The Labute approximate surface area is 114 Å². The molecular formula is C13H21N3O2S. The summed E-state index contributed by atoms with van der Waals surface area (Å²) in [4.78, 5) is 4.33. The molecule has 2 rings (SSSR count). The Morgan fingerprint density at radius 3 is 2.79 bits per heavy atom. The third kappa shape index (κ3) is 3.32. The molecule has 0 saturated heterocycles. The van der Waals surface area contributed by atoms with Crippen LogP contribution in [-0.4, -0.2) is 30.8 Å². The molecule has 0 atom stereocenters. The minimum atomic E-state index is -3.47. The van der Waals surface area contributed by atoms with Crippen LogP contribution in [0.15, 0.2) is 23.2 Å². The van der Waals surface area contributed by atoms with E-state index in [9.17, 15) is 8.42 Å². The first-order chi connectivity index (χ1) is 9.09. The van der Waals surface area contributed by atoms with Crippen molar-refractivity contribution in [3.8, 4) is 0 Å². The van der Waals surface area contributed by atoms with Crippen molar-refractivity contribution >= 4 is 10.0 Å². The van der Waals surface area contributed by atoms with Crippen LogP contribution in [-0.2, 0) is 16.6 Å². The molecule has 1 aliphatic rings. The summed E-state index contributed by atoms with van der Waals surface area (Å²) in [6, 6.07) is 3.24. The summed E-state index contributed by atoms with van der Waals surface area (Å²) in [5.41, 5.74) is 6.03. The van der Waals surface area contributed by atoms with Crippen molar-refractivity contribution < 1.29 is 8.42 Å². The van der Waals surface area contributed by atoms with Crippen LogP contribution < -0.4 is 5.73 Å². The molecule has 0 aromatic carbocycles. The van der Waals surface area contributed by atoms with Crippen molar-refractivity contribution in [2.45, 2.75) is 37.6 Å². The molecule has 19 heavy (non-hydrogen) atoms. The zero-order chi connectivity index (χ0) is 13.9. The Bertz CT molecular complexity index is 526. The van der Waals surface area contributed by atoms with Gasteiger partial charge >= 0.3 is 0 Å². The van der Waals surface area contributed by atoms with E-state index in [1.165, 1.54) is 0 Å². The highest BCUT2D eigenvalue weighted by atomic mass is 32.2. The zero-order valence-electron chi connectivity index (χ0n) is 11.2. The van der Waals surface area contributed by atoms with Gasteiger partial charge in [-0.05, 0) is 37.3 Å². The lowest BCUT2D eigenvalue weighted by Gasteiger charge is -2.22. The van der Waals surface area contributed by atoms with Gasteiger partial charge in [-0.3, -0.25) is 4.98 Å². The highest BCUT2D eigenvalue weighted by molar-refractivity contribution is 7.89. The van der Waals surface area contributed by atoms with Crippen LogP contribution in [0.4, 0.5) is 0 Å². The summed E-state index contributed by atoms with van der Waals surface area (Å²) in [5, 5.41) is 0. The number of hydrogen-bond acceptors (Lipinski definition) is 4. The highest BCUT2D eigenvalue weighted by Gasteiger charge is 2.32. The van der Waals surface area contributed by atoms with E-state index in [0.29, 0.717) is 24.7 Å². The molecular weight excluding hydrogens is 262 g/mol. The van der Waals surface area contributed by atoms with Crippen LogP contribution in [0.3, 0.4) is 0 Å². The summed E-state index contributed by atoms with van der Waals surface area (Å²) in [5.74, 6) is 0.527. The molecule has 1 aromatic heterocycles. The average Bonchev–Trinajstić information content (AvgIpc) is 3.22. The molecule has 0 bridgehead atoms. The summed E-state index contributed by atoms with van der Waals surface area (Å²) in [7, 11) is -3.47. The fourth-order valence-electron chi connectivity index (χ4n) is 2.10. The maximum Gasteiger partial charge on any atom is 0.244 e. The molecule has 2 N–H and O–H groups in total. The van der Waals surface area contributed by atoms with E-state index in [0.717, 1.165) is 19.3 Å². The minimum absolute atomic E-state index is 0.138. The van der Waals surface area contributed by atoms with Crippen LogP contribution in [0.25, 0.3) is 0 Å². The van der Waals surface area contributed by atoms with E-state index in [1.54, 1.807) is 22.6 Å². The standard InChI is InChI=1S/C13H21N3O2S/c1-2-8-16(10-11-5-6-11)19(17,18)13-4-3-7-15-12(13)9-14/h3-4,7,11H,2,5-6,8-10,14H2,1H3. The third-order valence-corrected chi connectivity index (χ3v) is 5.23. The smallest absolute Gasteiger partial charge is 0.244 e. The number of sulfonamides is 1. The quantitative estimate of drug-likeness (QED) is 0.819.